The van der Waals surface area contributed by atoms with Gasteiger partial charge in [-0.15, -0.1) is 10.2 Å². The average Bonchev–Trinajstić information content (AvgIpc) is 3.66. The number of methoxy groups -OCH3 is 2. The van der Waals surface area contributed by atoms with Crippen LogP contribution in [0.15, 0.2) is 70.4 Å². The van der Waals surface area contributed by atoms with Gasteiger partial charge in [0.15, 0.2) is 10.9 Å². The number of hydrogen-bond acceptors (Lipinski definition) is 8. The van der Waals surface area contributed by atoms with Crippen molar-refractivity contribution in [3.8, 4) is 28.8 Å². The summed E-state index contributed by atoms with van der Waals surface area (Å²) in [5, 5.41) is 9.32. The summed E-state index contributed by atoms with van der Waals surface area (Å²) < 4.78 is 18.1. The number of aromatic nitrogens is 3. The van der Waals surface area contributed by atoms with Gasteiger partial charge in [0.1, 0.15) is 11.5 Å². The Labute approximate surface area is 236 Å². The molecular formula is C29H31N5O5S. The predicted molar refractivity (Wildman–Crippen MR) is 151 cm³/mol. The molecule has 4 aromatic rings. The third kappa shape index (κ3) is 5.69. The second kappa shape index (κ2) is 11.9. The molecule has 0 saturated carbocycles. The molecule has 5 rings (SSSR count). The molecule has 1 saturated heterocycles. The van der Waals surface area contributed by atoms with E-state index >= 15 is 0 Å². The molecule has 0 aliphatic carbocycles. The topological polar surface area (TPSA) is 103 Å². The van der Waals surface area contributed by atoms with Crippen LogP contribution in [-0.2, 0) is 4.79 Å². The summed E-state index contributed by atoms with van der Waals surface area (Å²) in [7, 11) is 3.10. The third-order valence-electron chi connectivity index (χ3n) is 6.83. The van der Waals surface area contributed by atoms with E-state index in [-0.39, 0.29) is 23.6 Å². The summed E-state index contributed by atoms with van der Waals surface area (Å²) in [5.41, 5.74) is 2.51. The minimum Gasteiger partial charge on any atom is -0.497 e. The number of nitrogens with zero attached hydrogens (tertiary/aromatic N) is 5. The quantitative estimate of drug-likeness (QED) is 0.293. The highest BCUT2D eigenvalue weighted by atomic mass is 32.2. The number of carbonyl (C=O) groups is 2. The van der Waals surface area contributed by atoms with Gasteiger partial charge in [0.25, 0.3) is 5.91 Å². The van der Waals surface area contributed by atoms with Crippen molar-refractivity contribution in [2.75, 3.05) is 39.6 Å². The molecule has 0 radical (unpaired) electrons. The molecule has 2 aromatic heterocycles. The number of piperazine rings is 1. The molecule has 208 valence electrons. The molecule has 10 nitrogen and oxygen atoms in total. The molecule has 1 aliphatic rings. The van der Waals surface area contributed by atoms with Gasteiger partial charge in [-0.25, -0.2) is 0 Å². The Morgan fingerprint density at radius 1 is 1.02 bits per heavy atom. The summed E-state index contributed by atoms with van der Waals surface area (Å²) in [4.78, 5) is 30.1. The van der Waals surface area contributed by atoms with E-state index in [0.717, 1.165) is 11.3 Å². The van der Waals surface area contributed by atoms with E-state index in [4.69, 9.17) is 13.9 Å². The van der Waals surface area contributed by atoms with Gasteiger partial charge in [0.05, 0.1) is 26.2 Å². The Morgan fingerprint density at radius 3 is 2.38 bits per heavy atom. The van der Waals surface area contributed by atoms with Crippen molar-refractivity contribution in [3.63, 3.8) is 0 Å². The van der Waals surface area contributed by atoms with E-state index in [2.05, 4.69) is 10.2 Å². The number of hydrogen-bond donors (Lipinski definition) is 0. The highest BCUT2D eigenvalue weighted by Gasteiger charge is 2.31. The van der Waals surface area contributed by atoms with Crippen molar-refractivity contribution in [3.05, 3.63) is 72.0 Å². The zero-order valence-electron chi connectivity index (χ0n) is 22.9. The van der Waals surface area contributed by atoms with Crippen molar-refractivity contribution in [2.24, 2.45) is 0 Å². The molecule has 1 aliphatic heterocycles. The summed E-state index contributed by atoms with van der Waals surface area (Å²) >= 11 is 1.33. The molecule has 0 N–H and O–H groups in total. The molecule has 1 atom stereocenters. The molecule has 3 heterocycles. The smallest absolute Gasteiger partial charge is 0.254 e. The molecule has 11 heteroatoms. The van der Waals surface area contributed by atoms with Gasteiger partial charge in [-0.05, 0) is 50.2 Å². The minimum atomic E-state index is -0.158. The Hall–Kier alpha value is -4.25. The maximum Gasteiger partial charge on any atom is 0.254 e. The Morgan fingerprint density at radius 2 is 1.75 bits per heavy atom. The fraction of sp³-hybridized carbons (Fsp3) is 0.310. The van der Waals surface area contributed by atoms with Gasteiger partial charge in [-0.3, -0.25) is 14.2 Å². The van der Waals surface area contributed by atoms with Crippen LogP contribution >= 0.6 is 11.8 Å². The number of rotatable bonds is 8. The van der Waals surface area contributed by atoms with Crippen LogP contribution < -0.4 is 9.47 Å². The average molecular weight is 562 g/mol. The number of furan rings is 1. The Kier molecular flexibility index (Phi) is 8.11. The molecule has 1 fully saturated rings. The summed E-state index contributed by atoms with van der Waals surface area (Å²) in [5.74, 6) is 2.31. The first-order valence-corrected chi connectivity index (χ1v) is 13.9. The number of aryl methyl sites for hydroxylation is 1. The van der Waals surface area contributed by atoms with E-state index in [1.54, 1.807) is 54.5 Å². The standard InChI is InChI=1S/C29H31N5O5S/c1-19-7-9-22(10-8-19)34-27(25-6-5-13-39-25)30-31-29(34)40-18-26(35)32-11-12-33(20(2)17-32)28(36)21-14-23(37-3)16-24(15-21)38-4/h5-10,13-16,20H,11-12,17-18H2,1-4H3. The number of benzene rings is 2. The normalized spacial score (nSPS) is 15.2. The predicted octanol–water partition coefficient (Wildman–Crippen LogP) is 4.32. The van der Waals surface area contributed by atoms with Crippen molar-refractivity contribution in [1.29, 1.82) is 0 Å². The fourth-order valence-corrected chi connectivity index (χ4v) is 5.51. The molecule has 2 aromatic carbocycles. The van der Waals surface area contributed by atoms with Crippen LogP contribution in [0.1, 0.15) is 22.8 Å². The van der Waals surface area contributed by atoms with Crippen molar-refractivity contribution in [2.45, 2.75) is 25.0 Å². The van der Waals surface area contributed by atoms with Crippen molar-refractivity contribution < 1.29 is 23.5 Å². The monoisotopic (exact) mass is 561 g/mol. The summed E-state index contributed by atoms with van der Waals surface area (Å²) in [6.45, 7) is 5.29. The first-order valence-electron chi connectivity index (χ1n) is 12.9. The van der Waals surface area contributed by atoms with Crippen LogP contribution in [0.2, 0.25) is 0 Å². The van der Waals surface area contributed by atoms with Gasteiger partial charge in [-0.2, -0.15) is 0 Å². The van der Waals surface area contributed by atoms with Crippen LogP contribution in [0.4, 0.5) is 0 Å². The maximum absolute atomic E-state index is 13.3. The van der Waals surface area contributed by atoms with Gasteiger partial charge >= 0.3 is 0 Å². The van der Waals surface area contributed by atoms with E-state index in [9.17, 15) is 9.59 Å². The first-order chi connectivity index (χ1) is 19.4. The van der Waals surface area contributed by atoms with Crippen molar-refractivity contribution in [1.82, 2.24) is 24.6 Å². The van der Waals surface area contributed by atoms with E-state index in [0.29, 0.717) is 53.4 Å². The third-order valence-corrected chi connectivity index (χ3v) is 7.74. The Bertz CT molecular complexity index is 1460. The van der Waals surface area contributed by atoms with E-state index in [1.807, 2.05) is 48.7 Å². The largest absolute Gasteiger partial charge is 0.497 e. The summed E-state index contributed by atoms with van der Waals surface area (Å²) in [6.07, 6.45) is 1.59. The minimum absolute atomic E-state index is 0.0231. The lowest BCUT2D eigenvalue weighted by Crippen LogP contribution is -2.55. The van der Waals surface area contributed by atoms with Gasteiger partial charge in [0.2, 0.25) is 11.7 Å². The molecule has 0 bridgehead atoms. The van der Waals surface area contributed by atoms with Crippen molar-refractivity contribution >= 4 is 23.6 Å². The molecular weight excluding hydrogens is 530 g/mol. The first kappa shape index (κ1) is 27.3. The van der Waals surface area contributed by atoms with Gasteiger partial charge in [-0.1, -0.05) is 29.5 Å². The fourth-order valence-electron chi connectivity index (χ4n) is 4.66. The van der Waals surface area contributed by atoms with Gasteiger partial charge in [0, 0.05) is 43.0 Å². The molecule has 1 unspecified atom stereocenters. The van der Waals surface area contributed by atoms with Crippen LogP contribution in [0, 0.1) is 6.92 Å². The number of carbonyl (C=O) groups excluding carboxylic acids is 2. The van der Waals surface area contributed by atoms with Crippen LogP contribution in [-0.4, -0.2) is 82.0 Å². The van der Waals surface area contributed by atoms with Crippen LogP contribution in [0.25, 0.3) is 17.3 Å². The van der Waals surface area contributed by atoms with Gasteiger partial charge < -0.3 is 23.7 Å². The highest BCUT2D eigenvalue weighted by Crippen LogP contribution is 2.29. The molecule has 2 amide bonds. The summed E-state index contributed by atoms with van der Waals surface area (Å²) in [6, 6.07) is 16.6. The Balaban J connectivity index is 1.26. The molecule has 40 heavy (non-hydrogen) atoms. The van der Waals surface area contributed by atoms with E-state index in [1.165, 1.54) is 11.8 Å². The zero-order valence-corrected chi connectivity index (χ0v) is 23.7. The number of amides is 2. The SMILES string of the molecule is COc1cc(OC)cc(C(=O)N2CCN(C(=O)CSc3nnc(-c4ccco4)n3-c3ccc(C)cc3)CC2C)c1. The lowest BCUT2D eigenvalue weighted by molar-refractivity contribution is -0.130. The lowest BCUT2D eigenvalue weighted by Gasteiger charge is -2.40. The second-order valence-corrected chi connectivity index (χ2v) is 10.5. The van der Waals surface area contributed by atoms with Crippen LogP contribution in [0.3, 0.4) is 0 Å². The number of ether oxygens (including phenoxy) is 2. The number of thioether (sulfide) groups is 1. The zero-order chi connectivity index (χ0) is 28.2. The van der Waals surface area contributed by atoms with E-state index < -0.39 is 0 Å². The maximum atomic E-state index is 13.3. The lowest BCUT2D eigenvalue weighted by atomic mass is 10.1. The highest BCUT2D eigenvalue weighted by molar-refractivity contribution is 7.99. The van der Waals surface area contributed by atoms with Crippen LogP contribution in [0.5, 0.6) is 11.5 Å². The second-order valence-electron chi connectivity index (χ2n) is 9.53. The molecule has 0 spiro atoms.